The smallest absolute Gasteiger partial charge is 0.335 e. The minimum Gasteiger partial charge on any atom is -0.335 e. The van der Waals surface area contributed by atoms with E-state index in [0.29, 0.717) is 24.6 Å². The Bertz CT molecular complexity index is 555. The van der Waals surface area contributed by atoms with E-state index in [1.165, 1.54) is 0 Å². The number of halogens is 4. The topological polar surface area (TPSA) is 20.3 Å². The second-order valence-corrected chi connectivity index (χ2v) is 5.48. The lowest BCUT2D eigenvalue weighted by atomic mass is 10.1. The Labute approximate surface area is 113 Å². The number of amides is 1. The largest absolute Gasteiger partial charge is 0.419 e. The Morgan fingerprint density at radius 2 is 2.00 bits per heavy atom. The quantitative estimate of drug-likeness (QED) is 0.724. The summed E-state index contributed by atoms with van der Waals surface area (Å²) in [5.74, 6) is -1.31. The van der Waals surface area contributed by atoms with Crippen molar-refractivity contribution < 1.29 is 22.4 Å². The van der Waals surface area contributed by atoms with Gasteiger partial charge >= 0.3 is 6.18 Å². The number of piperidine rings is 1. The van der Waals surface area contributed by atoms with E-state index in [1.54, 1.807) is 4.90 Å². The van der Waals surface area contributed by atoms with E-state index in [-0.39, 0.29) is 11.6 Å². The van der Waals surface area contributed by atoms with Gasteiger partial charge in [-0.25, -0.2) is 4.39 Å². The van der Waals surface area contributed by atoms with Gasteiger partial charge in [0, 0.05) is 18.2 Å². The summed E-state index contributed by atoms with van der Waals surface area (Å²) in [7, 11) is 0. The Balaban J connectivity index is 1.89. The van der Waals surface area contributed by atoms with Crippen LogP contribution in [0.2, 0.25) is 0 Å². The Kier molecular flexibility index (Phi) is 2.99. The fourth-order valence-electron chi connectivity index (χ4n) is 3.21. The molecule has 0 aromatic heterocycles. The van der Waals surface area contributed by atoms with Gasteiger partial charge in [0.2, 0.25) is 0 Å². The minimum absolute atomic E-state index is 0.0914. The zero-order valence-corrected chi connectivity index (χ0v) is 10.6. The maximum Gasteiger partial charge on any atom is 0.419 e. The molecule has 1 aliphatic carbocycles. The number of likely N-dealkylation sites (tertiary alicyclic amines) is 1. The highest BCUT2D eigenvalue weighted by Crippen LogP contribution is 2.38. The Morgan fingerprint density at radius 1 is 1.25 bits per heavy atom. The first-order valence-electron chi connectivity index (χ1n) is 6.54. The first-order chi connectivity index (χ1) is 9.36. The van der Waals surface area contributed by atoms with Crippen molar-refractivity contribution in [3.63, 3.8) is 0 Å². The van der Waals surface area contributed by atoms with Crippen LogP contribution in [0, 0.1) is 11.7 Å². The average molecular weight is 287 g/mol. The van der Waals surface area contributed by atoms with Crippen LogP contribution in [-0.2, 0) is 6.18 Å². The molecule has 6 heteroatoms. The predicted molar refractivity (Wildman–Crippen MR) is 63.6 cm³/mol. The summed E-state index contributed by atoms with van der Waals surface area (Å²) < 4.78 is 51.2. The van der Waals surface area contributed by atoms with Crippen molar-refractivity contribution in [3.8, 4) is 0 Å². The summed E-state index contributed by atoms with van der Waals surface area (Å²) in [4.78, 5) is 13.9. The number of hydrogen-bond donors (Lipinski definition) is 0. The SMILES string of the molecule is O=C(c1ccc(F)c(C(F)(F)F)c1)N1CC2CCC1C2. The van der Waals surface area contributed by atoms with Gasteiger partial charge in [0.15, 0.2) is 0 Å². The van der Waals surface area contributed by atoms with E-state index in [2.05, 4.69) is 0 Å². The van der Waals surface area contributed by atoms with Crippen LogP contribution in [-0.4, -0.2) is 23.4 Å². The number of alkyl halides is 3. The predicted octanol–water partition coefficient (Wildman–Crippen LogP) is 3.47. The summed E-state index contributed by atoms with van der Waals surface area (Å²) in [6, 6.07) is 2.58. The zero-order chi connectivity index (χ0) is 14.5. The lowest BCUT2D eigenvalue weighted by Crippen LogP contribution is -2.37. The highest BCUT2D eigenvalue weighted by molar-refractivity contribution is 5.95. The number of hydrogen-bond acceptors (Lipinski definition) is 1. The second kappa shape index (κ2) is 4.46. The summed E-state index contributed by atoms with van der Waals surface area (Å²) >= 11 is 0. The first kappa shape index (κ1) is 13.4. The van der Waals surface area contributed by atoms with Crippen molar-refractivity contribution in [2.45, 2.75) is 31.5 Å². The van der Waals surface area contributed by atoms with Gasteiger partial charge in [-0.2, -0.15) is 13.2 Å². The lowest BCUT2D eigenvalue weighted by Gasteiger charge is -2.27. The molecule has 1 heterocycles. The molecule has 20 heavy (non-hydrogen) atoms. The zero-order valence-electron chi connectivity index (χ0n) is 10.6. The molecule has 1 aromatic carbocycles. The van der Waals surface area contributed by atoms with Crippen molar-refractivity contribution in [2.24, 2.45) is 5.92 Å². The van der Waals surface area contributed by atoms with Crippen LogP contribution in [0.3, 0.4) is 0 Å². The van der Waals surface area contributed by atoms with Crippen molar-refractivity contribution in [1.29, 1.82) is 0 Å². The molecule has 1 aliphatic heterocycles. The van der Waals surface area contributed by atoms with Crippen molar-refractivity contribution in [1.82, 2.24) is 4.90 Å². The molecule has 0 N–H and O–H groups in total. The lowest BCUT2D eigenvalue weighted by molar-refractivity contribution is -0.140. The molecule has 2 aliphatic rings. The van der Waals surface area contributed by atoms with E-state index >= 15 is 0 Å². The van der Waals surface area contributed by atoms with Gasteiger partial charge in [0.05, 0.1) is 5.56 Å². The number of fused-ring (bicyclic) bond motifs is 2. The normalized spacial score (nSPS) is 25.3. The monoisotopic (exact) mass is 287 g/mol. The van der Waals surface area contributed by atoms with Crippen LogP contribution in [0.1, 0.15) is 35.2 Å². The van der Waals surface area contributed by atoms with Crippen molar-refractivity contribution >= 4 is 5.91 Å². The number of benzene rings is 1. The third kappa shape index (κ3) is 2.17. The van der Waals surface area contributed by atoms with E-state index < -0.39 is 23.5 Å². The molecule has 2 atom stereocenters. The number of rotatable bonds is 1. The highest BCUT2D eigenvalue weighted by atomic mass is 19.4. The highest BCUT2D eigenvalue weighted by Gasteiger charge is 2.41. The average Bonchev–Trinajstić information content (AvgIpc) is 2.99. The van der Waals surface area contributed by atoms with Crippen molar-refractivity contribution in [2.75, 3.05) is 6.54 Å². The van der Waals surface area contributed by atoms with E-state index in [1.807, 2.05) is 0 Å². The fourth-order valence-corrected chi connectivity index (χ4v) is 3.21. The summed E-state index contributed by atoms with van der Waals surface area (Å²) in [6.07, 6.45) is -1.88. The van der Waals surface area contributed by atoms with Gasteiger partial charge in [-0.15, -0.1) is 0 Å². The first-order valence-corrected chi connectivity index (χ1v) is 6.54. The number of carbonyl (C=O) groups is 1. The Morgan fingerprint density at radius 3 is 2.55 bits per heavy atom. The molecule has 2 bridgehead atoms. The molecule has 2 fully saturated rings. The van der Waals surface area contributed by atoms with Gasteiger partial charge < -0.3 is 4.90 Å². The van der Waals surface area contributed by atoms with E-state index in [4.69, 9.17) is 0 Å². The van der Waals surface area contributed by atoms with Crippen LogP contribution in [0.15, 0.2) is 18.2 Å². The van der Waals surface area contributed by atoms with Gasteiger partial charge in [-0.3, -0.25) is 4.79 Å². The van der Waals surface area contributed by atoms with Crippen LogP contribution < -0.4 is 0 Å². The molecule has 108 valence electrons. The minimum atomic E-state index is -4.79. The summed E-state index contributed by atoms with van der Waals surface area (Å²) in [6.45, 7) is 0.599. The van der Waals surface area contributed by atoms with Gasteiger partial charge in [-0.05, 0) is 43.4 Å². The molecule has 1 saturated carbocycles. The fraction of sp³-hybridized carbons (Fsp3) is 0.500. The van der Waals surface area contributed by atoms with Gasteiger partial charge in [-0.1, -0.05) is 0 Å². The molecular weight excluding hydrogens is 274 g/mol. The molecule has 3 rings (SSSR count). The van der Waals surface area contributed by atoms with Gasteiger partial charge in [0.1, 0.15) is 5.82 Å². The maximum absolute atomic E-state index is 13.2. The molecule has 1 aromatic rings. The molecular formula is C14H13F4NO. The second-order valence-electron chi connectivity index (χ2n) is 5.48. The molecule has 0 spiro atoms. The molecule has 2 nitrogen and oxygen atoms in total. The standard InChI is InChI=1S/C14H13F4NO/c15-12-4-2-9(6-11(12)14(16,17)18)13(20)19-7-8-1-3-10(19)5-8/h2,4,6,8,10H,1,3,5,7H2. The summed E-state index contributed by atoms with van der Waals surface area (Å²) in [5, 5.41) is 0. The number of nitrogens with zero attached hydrogens (tertiary/aromatic N) is 1. The Hall–Kier alpha value is -1.59. The summed E-state index contributed by atoms with van der Waals surface area (Å²) in [5.41, 5.74) is -1.47. The van der Waals surface area contributed by atoms with E-state index in [9.17, 15) is 22.4 Å². The third-order valence-electron chi connectivity index (χ3n) is 4.19. The maximum atomic E-state index is 13.2. The van der Waals surface area contributed by atoms with Gasteiger partial charge in [0.25, 0.3) is 5.91 Å². The van der Waals surface area contributed by atoms with E-state index in [0.717, 1.165) is 25.3 Å². The van der Waals surface area contributed by atoms with Crippen LogP contribution in [0.4, 0.5) is 17.6 Å². The third-order valence-corrected chi connectivity index (χ3v) is 4.19. The molecule has 1 saturated heterocycles. The molecule has 0 radical (unpaired) electrons. The van der Waals surface area contributed by atoms with Crippen LogP contribution >= 0.6 is 0 Å². The number of carbonyl (C=O) groups excluding carboxylic acids is 1. The van der Waals surface area contributed by atoms with Crippen LogP contribution in [0.5, 0.6) is 0 Å². The van der Waals surface area contributed by atoms with Crippen molar-refractivity contribution in [3.05, 3.63) is 35.1 Å². The molecule has 2 unspecified atom stereocenters. The van der Waals surface area contributed by atoms with Crippen LogP contribution in [0.25, 0.3) is 0 Å². The molecule has 1 amide bonds.